The molecule has 1 aliphatic rings. The van der Waals surface area contributed by atoms with E-state index in [0.717, 1.165) is 31.1 Å². The van der Waals surface area contributed by atoms with Gasteiger partial charge in [0.15, 0.2) is 16.6 Å². The number of carbonyl (C=O) groups excluding carboxylic acids is 2. The van der Waals surface area contributed by atoms with Crippen molar-refractivity contribution in [2.24, 2.45) is 0 Å². The van der Waals surface area contributed by atoms with Gasteiger partial charge in [0.25, 0.3) is 0 Å². The van der Waals surface area contributed by atoms with Gasteiger partial charge in [-0.15, -0.1) is 0 Å². The van der Waals surface area contributed by atoms with E-state index in [1.54, 1.807) is 6.92 Å². The fourth-order valence-corrected chi connectivity index (χ4v) is 2.93. The molecule has 1 fully saturated rings. The molecule has 1 aromatic rings. The minimum Gasteiger partial charge on any atom is -0.461 e. The van der Waals surface area contributed by atoms with Gasteiger partial charge >= 0.3 is 5.97 Å². The Labute approximate surface area is 110 Å². The first-order valence-electron chi connectivity index (χ1n) is 6.07. The van der Waals surface area contributed by atoms with E-state index in [-0.39, 0.29) is 18.1 Å². The molecule has 1 aromatic heterocycles. The molecule has 0 amide bonds. The number of Topliss-reactive ketones (excluding diaryl/α,β-unsaturated/α-hetero) is 1. The van der Waals surface area contributed by atoms with E-state index in [4.69, 9.17) is 4.74 Å². The number of carbonyl (C=O) groups is 2. The summed E-state index contributed by atoms with van der Waals surface area (Å²) in [4.78, 5) is 30.1. The Kier molecular flexibility index (Phi) is 3.96. The number of hydrogen-bond acceptors (Lipinski definition) is 6. The van der Waals surface area contributed by atoms with Crippen molar-refractivity contribution in [3.8, 4) is 0 Å². The van der Waals surface area contributed by atoms with Gasteiger partial charge in [-0.05, 0) is 19.8 Å². The SMILES string of the molecule is CCOC(=O)c1nc(N2CCCC2)sc1C(C)=O. The molecule has 1 saturated heterocycles. The highest BCUT2D eigenvalue weighted by molar-refractivity contribution is 7.17. The first-order valence-corrected chi connectivity index (χ1v) is 6.89. The molecule has 2 heterocycles. The largest absolute Gasteiger partial charge is 0.461 e. The standard InChI is InChI=1S/C12H16N2O3S/c1-3-17-11(16)9-10(8(2)15)18-12(13-9)14-6-4-5-7-14/h3-7H2,1-2H3. The number of anilines is 1. The minimum atomic E-state index is -0.510. The smallest absolute Gasteiger partial charge is 0.358 e. The highest BCUT2D eigenvalue weighted by atomic mass is 32.1. The Morgan fingerprint density at radius 3 is 2.61 bits per heavy atom. The summed E-state index contributed by atoms with van der Waals surface area (Å²) in [6, 6.07) is 0. The number of ether oxygens (including phenoxy) is 1. The second-order valence-corrected chi connectivity index (χ2v) is 5.12. The molecule has 0 bridgehead atoms. The van der Waals surface area contributed by atoms with E-state index < -0.39 is 5.97 Å². The third-order valence-electron chi connectivity index (χ3n) is 2.78. The average Bonchev–Trinajstić information content (AvgIpc) is 2.98. The van der Waals surface area contributed by atoms with Gasteiger partial charge in [-0.2, -0.15) is 0 Å². The predicted octanol–water partition coefficient (Wildman–Crippen LogP) is 2.12. The quantitative estimate of drug-likeness (QED) is 0.618. The van der Waals surface area contributed by atoms with Crippen LogP contribution in [0.4, 0.5) is 5.13 Å². The normalized spacial score (nSPS) is 14.9. The Hall–Kier alpha value is -1.43. The van der Waals surface area contributed by atoms with Crippen molar-refractivity contribution in [3.63, 3.8) is 0 Å². The Balaban J connectivity index is 2.31. The van der Waals surface area contributed by atoms with Gasteiger partial charge in [0.2, 0.25) is 0 Å². The molecule has 98 valence electrons. The topological polar surface area (TPSA) is 59.5 Å². The Bertz CT molecular complexity index is 464. The second-order valence-electron chi connectivity index (χ2n) is 4.14. The summed E-state index contributed by atoms with van der Waals surface area (Å²) < 4.78 is 4.93. The number of hydrogen-bond donors (Lipinski definition) is 0. The lowest BCUT2D eigenvalue weighted by atomic mass is 10.3. The molecule has 0 saturated carbocycles. The molecule has 6 heteroatoms. The summed E-state index contributed by atoms with van der Waals surface area (Å²) in [5, 5.41) is 0.751. The van der Waals surface area contributed by atoms with Crippen LogP contribution in [-0.4, -0.2) is 36.4 Å². The van der Waals surface area contributed by atoms with Crippen LogP contribution >= 0.6 is 11.3 Å². The fraction of sp³-hybridized carbons (Fsp3) is 0.583. The third-order valence-corrected chi connectivity index (χ3v) is 4.00. The van der Waals surface area contributed by atoms with Gasteiger partial charge in [0.05, 0.1) is 6.61 Å². The van der Waals surface area contributed by atoms with Crippen LogP contribution in [0.2, 0.25) is 0 Å². The number of esters is 1. The molecule has 1 aliphatic heterocycles. The van der Waals surface area contributed by atoms with Crippen LogP contribution in [0.5, 0.6) is 0 Å². The lowest BCUT2D eigenvalue weighted by molar-refractivity contribution is 0.0517. The van der Waals surface area contributed by atoms with Gasteiger partial charge in [-0.1, -0.05) is 11.3 Å². The molecule has 0 aromatic carbocycles. The zero-order valence-electron chi connectivity index (χ0n) is 10.6. The molecular formula is C12H16N2O3S. The monoisotopic (exact) mass is 268 g/mol. The van der Waals surface area contributed by atoms with Gasteiger partial charge in [-0.3, -0.25) is 4.79 Å². The van der Waals surface area contributed by atoms with E-state index in [2.05, 4.69) is 9.88 Å². The van der Waals surface area contributed by atoms with Crippen molar-refractivity contribution >= 4 is 28.2 Å². The van der Waals surface area contributed by atoms with E-state index >= 15 is 0 Å². The highest BCUT2D eigenvalue weighted by Gasteiger charge is 2.25. The molecular weight excluding hydrogens is 252 g/mol. The number of ketones is 1. The molecule has 0 spiro atoms. The molecule has 0 N–H and O–H groups in total. The van der Waals surface area contributed by atoms with Crippen LogP contribution in [0.1, 0.15) is 46.8 Å². The number of rotatable bonds is 4. The maximum Gasteiger partial charge on any atom is 0.358 e. The van der Waals surface area contributed by atoms with Gasteiger partial charge in [-0.25, -0.2) is 9.78 Å². The Morgan fingerprint density at radius 1 is 1.39 bits per heavy atom. The van der Waals surface area contributed by atoms with Crippen molar-refractivity contribution in [3.05, 3.63) is 10.6 Å². The Morgan fingerprint density at radius 2 is 2.06 bits per heavy atom. The highest BCUT2D eigenvalue weighted by Crippen LogP contribution is 2.29. The molecule has 5 nitrogen and oxygen atoms in total. The fourth-order valence-electron chi connectivity index (χ4n) is 1.93. The molecule has 0 aliphatic carbocycles. The van der Waals surface area contributed by atoms with E-state index in [1.807, 2.05) is 0 Å². The molecule has 18 heavy (non-hydrogen) atoms. The average molecular weight is 268 g/mol. The summed E-state index contributed by atoms with van der Waals surface area (Å²) >= 11 is 1.28. The van der Waals surface area contributed by atoms with Gasteiger partial charge in [0, 0.05) is 20.0 Å². The van der Waals surface area contributed by atoms with Gasteiger partial charge in [0.1, 0.15) is 4.88 Å². The molecule has 0 atom stereocenters. The van der Waals surface area contributed by atoms with Crippen LogP contribution in [0.3, 0.4) is 0 Å². The zero-order chi connectivity index (χ0) is 13.1. The molecule has 0 radical (unpaired) electrons. The number of thiazole rings is 1. The van der Waals surface area contributed by atoms with Gasteiger partial charge < -0.3 is 9.64 Å². The van der Waals surface area contributed by atoms with E-state index in [9.17, 15) is 9.59 Å². The summed E-state index contributed by atoms with van der Waals surface area (Å²) in [7, 11) is 0. The summed E-state index contributed by atoms with van der Waals surface area (Å²) in [5.41, 5.74) is 0.163. The van der Waals surface area contributed by atoms with Crippen LogP contribution in [-0.2, 0) is 4.74 Å². The summed E-state index contributed by atoms with van der Waals surface area (Å²) in [6.07, 6.45) is 2.26. The van der Waals surface area contributed by atoms with E-state index in [0.29, 0.717) is 4.88 Å². The lowest BCUT2D eigenvalue weighted by Gasteiger charge is -2.11. The minimum absolute atomic E-state index is 0.138. The van der Waals surface area contributed by atoms with E-state index in [1.165, 1.54) is 18.3 Å². The van der Waals surface area contributed by atoms with Crippen LogP contribution in [0.25, 0.3) is 0 Å². The van der Waals surface area contributed by atoms with Crippen LogP contribution in [0.15, 0.2) is 0 Å². The first kappa shape index (κ1) is 13.0. The van der Waals surface area contributed by atoms with Crippen molar-refractivity contribution in [1.29, 1.82) is 0 Å². The second kappa shape index (κ2) is 5.48. The third kappa shape index (κ3) is 2.53. The lowest BCUT2D eigenvalue weighted by Crippen LogP contribution is -2.17. The summed E-state index contributed by atoms with van der Waals surface area (Å²) in [6.45, 7) is 5.34. The van der Waals surface area contributed by atoms with Crippen molar-refractivity contribution in [1.82, 2.24) is 4.98 Å². The summed E-state index contributed by atoms with van der Waals surface area (Å²) in [5.74, 6) is -0.648. The van der Waals surface area contributed by atoms with Crippen LogP contribution < -0.4 is 4.90 Å². The number of aromatic nitrogens is 1. The predicted molar refractivity (Wildman–Crippen MR) is 69.5 cm³/mol. The maximum atomic E-state index is 11.7. The van der Waals surface area contributed by atoms with Crippen LogP contribution in [0, 0.1) is 0 Å². The number of nitrogens with zero attached hydrogens (tertiary/aromatic N) is 2. The molecule has 2 rings (SSSR count). The zero-order valence-corrected chi connectivity index (χ0v) is 11.4. The maximum absolute atomic E-state index is 11.7. The molecule has 0 unspecified atom stereocenters. The van der Waals surface area contributed by atoms with Crippen molar-refractivity contribution < 1.29 is 14.3 Å². The first-order chi connectivity index (χ1) is 8.63. The van der Waals surface area contributed by atoms with Crippen molar-refractivity contribution in [2.75, 3.05) is 24.6 Å². The van der Waals surface area contributed by atoms with Crippen molar-refractivity contribution in [2.45, 2.75) is 26.7 Å².